The highest BCUT2D eigenvalue weighted by Gasteiger charge is 2.15. The van der Waals surface area contributed by atoms with E-state index in [0.29, 0.717) is 12.8 Å². The van der Waals surface area contributed by atoms with Crippen molar-refractivity contribution in [3.05, 3.63) is 72.9 Å². The first-order valence-corrected chi connectivity index (χ1v) is 23.5. The van der Waals surface area contributed by atoms with E-state index in [1.807, 2.05) is 12.2 Å². The van der Waals surface area contributed by atoms with Crippen molar-refractivity contribution in [3.8, 4) is 0 Å². The maximum absolute atomic E-state index is 12.1. The lowest BCUT2D eigenvalue weighted by Gasteiger charge is -2.15. The molecule has 0 fully saturated rings. The molecule has 0 heterocycles. The molecule has 5 heteroatoms. The molecule has 0 aromatic carbocycles. The molecule has 0 amide bonds. The third-order valence-electron chi connectivity index (χ3n) is 10.00. The van der Waals surface area contributed by atoms with Crippen molar-refractivity contribution < 1.29 is 24.2 Å². The van der Waals surface area contributed by atoms with E-state index >= 15 is 0 Å². The first-order chi connectivity index (χ1) is 27.6. The Morgan fingerprint density at radius 2 is 0.804 bits per heavy atom. The summed E-state index contributed by atoms with van der Waals surface area (Å²) in [4.78, 5) is 24.3. The van der Waals surface area contributed by atoms with Gasteiger partial charge in [0.05, 0.1) is 6.61 Å². The van der Waals surface area contributed by atoms with Gasteiger partial charge in [-0.15, -0.1) is 0 Å². The zero-order valence-corrected chi connectivity index (χ0v) is 36.6. The van der Waals surface area contributed by atoms with Crippen molar-refractivity contribution in [2.45, 2.75) is 225 Å². The summed E-state index contributed by atoms with van der Waals surface area (Å²) in [6.07, 6.45) is 63.0. The predicted molar refractivity (Wildman–Crippen MR) is 242 cm³/mol. The van der Waals surface area contributed by atoms with Crippen molar-refractivity contribution in [3.63, 3.8) is 0 Å². The Morgan fingerprint density at radius 1 is 0.429 bits per heavy atom. The Morgan fingerprint density at radius 3 is 1.23 bits per heavy atom. The third-order valence-corrected chi connectivity index (χ3v) is 10.00. The highest BCUT2D eigenvalue weighted by atomic mass is 16.6. The average Bonchev–Trinajstić information content (AvgIpc) is 3.20. The highest BCUT2D eigenvalue weighted by Crippen LogP contribution is 2.15. The quantitative estimate of drug-likeness (QED) is 0.0379. The first kappa shape index (κ1) is 53.3. The number of carbonyl (C=O) groups is 2. The second kappa shape index (κ2) is 46.7. The Hall–Kier alpha value is -2.66. The normalized spacial score (nSPS) is 12.8. The Bertz CT molecular complexity index is 1020. The number of hydrogen-bond donors (Lipinski definition) is 1. The van der Waals surface area contributed by atoms with Crippen molar-refractivity contribution in [2.75, 3.05) is 13.2 Å². The van der Waals surface area contributed by atoms with Crippen molar-refractivity contribution in [1.29, 1.82) is 0 Å². The molecule has 1 unspecified atom stereocenters. The SMILES string of the molecule is CC/C=C\C/C=C\C/C=C\C/C=C\CCC(=O)OC(CO)COC(=O)CCCCCCCCCCCCCCCCCCC/C=C\C/C=C\CCCCCCC. The molecule has 56 heavy (non-hydrogen) atoms. The molecule has 1 atom stereocenters. The van der Waals surface area contributed by atoms with Gasteiger partial charge in [0, 0.05) is 12.8 Å². The number of aliphatic hydroxyl groups is 1. The van der Waals surface area contributed by atoms with E-state index < -0.39 is 12.1 Å². The van der Waals surface area contributed by atoms with Crippen molar-refractivity contribution >= 4 is 11.9 Å². The van der Waals surface area contributed by atoms with Crippen LogP contribution in [0, 0.1) is 0 Å². The number of hydrogen-bond acceptors (Lipinski definition) is 5. The van der Waals surface area contributed by atoms with Crippen LogP contribution in [0.1, 0.15) is 219 Å². The smallest absolute Gasteiger partial charge is 0.306 e. The summed E-state index contributed by atoms with van der Waals surface area (Å²) in [5.74, 6) is -0.684. The van der Waals surface area contributed by atoms with Crippen LogP contribution in [0.5, 0.6) is 0 Å². The molecule has 0 aromatic rings. The molecular weight excluding hydrogens is 693 g/mol. The molecular formula is C51H88O5. The average molecular weight is 781 g/mol. The van der Waals surface area contributed by atoms with Gasteiger partial charge < -0.3 is 14.6 Å². The van der Waals surface area contributed by atoms with Crippen LogP contribution in [0.25, 0.3) is 0 Å². The van der Waals surface area contributed by atoms with E-state index in [9.17, 15) is 14.7 Å². The van der Waals surface area contributed by atoms with Crippen LogP contribution >= 0.6 is 0 Å². The number of esters is 2. The minimum atomic E-state index is -0.811. The summed E-state index contributed by atoms with van der Waals surface area (Å²) in [6, 6.07) is 0. The van der Waals surface area contributed by atoms with Crippen molar-refractivity contribution in [1.82, 2.24) is 0 Å². The molecule has 0 bridgehead atoms. The predicted octanol–water partition coefficient (Wildman–Crippen LogP) is 15.3. The van der Waals surface area contributed by atoms with Gasteiger partial charge in [0.2, 0.25) is 0 Å². The van der Waals surface area contributed by atoms with Gasteiger partial charge in [-0.1, -0.05) is 209 Å². The standard InChI is InChI=1S/C51H88O5/c1-3-5-7-9-11-13-15-17-18-19-20-21-22-23-24-25-26-27-28-29-30-31-32-34-35-37-39-41-43-45-50(53)55-48-49(47-52)56-51(54)46-44-42-40-38-36-33-16-14-12-10-8-6-4-2/h6,8,12,14-15,17,19-20,33,36,40,42,49,52H,3-5,7,9-11,13,16,18,21-32,34-35,37-39,41,43-48H2,1-2H3/b8-6-,14-12-,17-15-,20-19-,36-33-,42-40-. The van der Waals surface area contributed by atoms with Gasteiger partial charge in [-0.05, 0) is 70.6 Å². The van der Waals surface area contributed by atoms with Gasteiger partial charge in [-0.3, -0.25) is 9.59 Å². The molecule has 0 rings (SSSR count). The molecule has 0 saturated heterocycles. The van der Waals surface area contributed by atoms with Gasteiger partial charge in [-0.2, -0.15) is 0 Å². The number of ether oxygens (including phenoxy) is 2. The largest absolute Gasteiger partial charge is 0.462 e. The molecule has 322 valence electrons. The molecule has 0 aromatic heterocycles. The summed E-state index contributed by atoms with van der Waals surface area (Å²) < 4.78 is 10.6. The highest BCUT2D eigenvalue weighted by molar-refractivity contribution is 5.70. The van der Waals surface area contributed by atoms with Crippen LogP contribution in [0.2, 0.25) is 0 Å². The summed E-state index contributed by atoms with van der Waals surface area (Å²) in [5, 5.41) is 9.56. The van der Waals surface area contributed by atoms with Gasteiger partial charge in [-0.25, -0.2) is 0 Å². The van der Waals surface area contributed by atoms with E-state index in [4.69, 9.17) is 9.47 Å². The lowest BCUT2D eigenvalue weighted by atomic mass is 10.0. The first-order valence-electron chi connectivity index (χ1n) is 23.5. The summed E-state index contributed by atoms with van der Waals surface area (Å²) in [7, 11) is 0. The number of aliphatic hydroxyl groups excluding tert-OH is 1. The maximum atomic E-state index is 12.1. The molecule has 1 N–H and O–H groups in total. The second-order valence-corrected chi connectivity index (χ2v) is 15.4. The number of unbranched alkanes of at least 4 members (excludes halogenated alkanes) is 22. The van der Waals surface area contributed by atoms with Crippen LogP contribution in [0.4, 0.5) is 0 Å². The maximum Gasteiger partial charge on any atom is 0.306 e. The van der Waals surface area contributed by atoms with Crippen LogP contribution in [-0.2, 0) is 19.1 Å². The fraction of sp³-hybridized carbons (Fsp3) is 0.725. The monoisotopic (exact) mass is 781 g/mol. The lowest BCUT2D eigenvalue weighted by molar-refractivity contribution is -0.161. The van der Waals surface area contributed by atoms with Gasteiger partial charge in [0.15, 0.2) is 6.10 Å². The van der Waals surface area contributed by atoms with E-state index in [2.05, 4.69) is 74.6 Å². The molecule has 0 spiro atoms. The van der Waals surface area contributed by atoms with E-state index in [1.165, 1.54) is 135 Å². The van der Waals surface area contributed by atoms with Crippen molar-refractivity contribution in [2.24, 2.45) is 0 Å². The summed E-state index contributed by atoms with van der Waals surface area (Å²) >= 11 is 0. The van der Waals surface area contributed by atoms with Gasteiger partial charge >= 0.3 is 11.9 Å². The van der Waals surface area contributed by atoms with Crippen LogP contribution in [0.3, 0.4) is 0 Å². The molecule has 0 aliphatic heterocycles. The molecule has 0 saturated carbocycles. The topological polar surface area (TPSA) is 72.8 Å². The number of rotatable bonds is 42. The number of carbonyl (C=O) groups excluding carboxylic acids is 2. The number of allylic oxidation sites excluding steroid dienone is 12. The summed E-state index contributed by atoms with van der Waals surface area (Å²) in [6.45, 7) is 3.95. The second-order valence-electron chi connectivity index (χ2n) is 15.4. The van der Waals surface area contributed by atoms with Crippen LogP contribution < -0.4 is 0 Å². The minimum Gasteiger partial charge on any atom is -0.462 e. The van der Waals surface area contributed by atoms with Crippen LogP contribution in [0.15, 0.2) is 72.9 Å². The van der Waals surface area contributed by atoms with Gasteiger partial charge in [0.25, 0.3) is 0 Å². The fourth-order valence-electron chi connectivity index (χ4n) is 6.48. The lowest BCUT2D eigenvalue weighted by Crippen LogP contribution is -2.28. The zero-order chi connectivity index (χ0) is 40.7. The fourth-order valence-corrected chi connectivity index (χ4v) is 6.48. The minimum absolute atomic E-state index is 0.0959. The Balaban J connectivity index is 3.50. The molecule has 0 radical (unpaired) electrons. The van der Waals surface area contributed by atoms with E-state index in [0.717, 1.165) is 51.4 Å². The zero-order valence-electron chi connectivity index (χ0n) is 36.6. The Labute approximate surface area is 346 Å². The molecule has 0 aliphatic rings. The van der Waals surface area contributed by atoms with E-state index in [-0.39, 0.29) is 25.6 Å². The van der Waals surface area contributed by atoms with Crippen LogP contribution in [-0.4, -0.2) is 36.4 Å². The van der Waals surface area contributed by atoms with E-state index in [1.54, 1.807) is 0 Å². The molecule has 5 nitrogen and oxygen atoms in total. The Kier molecular flexibility index (Phi) is 44.5. The third kappa shape index (κ3) is 44.1. The summed E-state index contributed by atoms with van der Waals surface area (Å²) in [5.41, 5.74) is 0. The molecule has 0 aliphatic carbocycles. The van der Waals surface area contributed by atoms with Gasteiger partial charge in [0.1, 0.15) is 6.61 Å².